The van der Waals surface area contributed by atoms with Crippen molar-refractivity contribution in [3.63, 3.8) is 0 Å². The van der Waals surface area contributed by atoms with E-state index in [0.717, 1.165) is 5.75 Å². The minimum absolute atomic E-state index is 0.330. The first-order chi connectivity index (χ1) is 4.98. The highest BCUT2D eigenvalue weighted by Gasteiger charge is 2.16. The second-order valence-electron chi connectivity index (χ2n) is 3.80. The van der Waals surface area contributed by atoms with Crippen molar-refractivity contribution in [2.75, 3.05) is 5.75 Å². The third-order valence-corrected chi connectivity index (χ3v) is 3.27. The quantitative estimate of drug-likeness (QED) is 0.695. The molecule has 0 aromatic heterocycles. The lowest BCUT2D eigenvalue weighted by atomic mass is 10.1. The summed E-state index contributed by atoms with van der Waals surface area (Å²) in [7, 11) is 0. The highest BCUT2D eigenvalue weighted by Crippen LogP contribution is 2.29. The van der Waals surface area contributed by atoms with Crippen molar-refractivity contribution < 1.29 is 0 Å². The van der Waals surface area contributed by atoms with E-state index >= 15 is 0 Å². The van der Waals surface area contributed by atoms with E-state index in [9.17, 15) is 0 Å². The van der Waals surface area contributed by atoms with Gasteiger partial charge in [0.05, 0.1) is 0 Å². The standard InChI is InChI=1S/C9H21NS/c1-5-6-9(3,4)11-7-8(2)10/h8H,5-7,10H2,1-4H3. The Labute approximate surface area is 75.1 Å². The summed E-state index contributed by atoms with van der Waals surface area (Å²) < 4.78 is 0.419. The molecular formula is C9H21NS. The van der Waals surface area contributed by atoms with Crippen molar-refractivity contribution >= 4 is 11.8 Å². The fraction of sp³-hybridized carbons (Fsp3) is 1.00. The Hall–Kier alpha value is 0.310. The zero-order valence-corrected chi connectivity index (χ0v) is 9.00. The molecule has 11 heavy (non-hydrogen) atoms. The van der Waals surface area contributed by atoms with Gasteiger partial charge in [-0.2, -0.15) is 11.8 Å². The van der Waals surface area contributed by atoms with Crippen LogP contribution < -0.4 is 5.73 Å². The monoisotopic (exact) mass is 175 g/mol. The first-order valence-corrected chi connectivity index (χ1v) is 5.36. The van der Waals surface area contributed by atoms with E-state index in [1.54, 1.807) is 0 Å². The highest BCUT2D eigenvalue weighted by molar-refractivity contribution is 8.00. The summed E-state index contributed by atoms with van der Waals surface area (Å²) in [5.41, 5.74) is 5.67. The minimum atomic E-state index is 0.330. The van der Waals surface area contributed by atoms with Crippen LogP contribution in [0, 0.1) is 0 Å². The average molecular weight is 175 g/mol. The zero-order valence-electron chi connectivity index (χ0n) is 8.18. The lowest BCUT2D eigenvalue weighted by molar-refractivity contribution is 0.624. The Kier molecular flexibility index (Phi) is 5.19. The van der Waals surface area contributed by atoms with Gasteiger partial charge in [-0.15, -0.1) is 0 Å². The molecule has 0 aliphatic heterocycles. The molecule has 2 N–H and O–H groups in total. The summed E-state index contributed by atoms with van der Waals surface area (Å²) in [6, 6.07) is 0.330. The molecule has 0 aliphatic carbocycles. The summed E-state index contributed by atoms with van der Waals surface area (Å²) in [5.74, 6) is 1.08. The van der Waals surface area contributed by atoms with E-state index in [4.69, 9.17) is 5.73 Å². The van der Waals surface area contributed by atoms with Gasteiger partial charge in [0, 0.05) is 16.5 Å². The molecule has 0 rings (SSSR count). The molecule has 0 spiro atoms. The summed E-state index contributed by atoms with van der Waals surface area (Å²) in [4.78, 5) is 0. The van der Waals surface area contributed by atoms with Crippen LogP contribution in [0.5, 0.6) is 0 Å². The maximum atomic E-state index is 5.67. The Morgan fingerprint density at radius 1 is 1.45 bits per heavy atom. The van der Waals surface area contributed by atoms with Crippen LogP contribution in [0.15, 0.2) is 0 Å². The number of hydrogen-bond donors (Lipinski definition) is 1. The fourth-order valence-electron chi connectivity index (χ4n) is 1.03. The van der Waals surface area contributed by atoms with Gasteiger partial charge < -0.3 is 5.73 Å². The first kappa shape index (κ1) is 11.3. The predicted octanol–water partition coefficient (Wildman–Crippen LogP) is 2.65. The van der Waals surface area contributed by atoms with Gasteiger partial charge >= 0.3 is 0 Å². The molecule has 2 heteroatoms. The largest absolute Gasteiger partial charge is 0.327 e. The van der Waals surface area contributed by atoms with Gasteiger partial charge in [0.1, 0.15) is 0 Å². The van der Waals surface area contributed by atoms with Crippen molar-refractivity contribution in [3.8, 4) is 0 Å². The first-order valence-electron chi connectivity index (χ1n) is 4.37. The summed E-state index contributed by atoms with van der Waals surface area (Å²) in [5, 5.41) is 0. The van der Waals surface area contributed by atoms with Crippen molar-refractivity contribution in [3.05, 3.63) is 0 Å². The Bertz CT molecular complexity index is 99.7. The van der Waals surface area contributed by atoms with Crippen LogP contribution in [0.1, 0.15) is 40.5 Å². The van der Waals surface area contributed by atoms with Crippen LogP contribution in [0.2, 0.25) is 0 Å². The SMILES string of the molecule is CCCC(C)(C)SCC(C)N. The van der Waals surface area contributed by atoms with Gasteiger partial charge in [0.25, 0.3) is 0 Å². The lowest BCUT2D eigenvalue weighted by Crippen LogP contribution is -2.23. The van der Waals surface area contributed by atoms with Gasteiger partial charge in [-0.25, -0.2) is 0 Å². The van der Waals surface area contributed by atoms with Gasteiger partial charge in [0.2, 0.25) is 0 Å². The second kappa shape index (κ2) is 5.04. The van der Waals surface area contributed by atoms with Crippen LogP contribution in [0.4, 0.5) is 0 Å². The van der Waals surface area contributed by atoms with Crippen molar-refractivity contribution in [1.82, 2.24) is 0 Å². The fourth-order valence-corrected chi connectivity index (χ4v) is 2.09. The topological polar surface area (TPSA) is 26.0 Å². The molecule has 1 nitrogen and oxygen atoms in total. The smallest absolute Gasteiger partial charge is 0.0104 e. The third-order valence-electron chi connectivity index (χ3n) is 1.59. The van der Waals surface area contributed by atoms with Gasteiger partial charge in [-0.1, -0.05) is 27.2 Å². The van der Waals surface area contributed by atoms with Crippen molar-refractivity contribution in [2.24, 2.45) is 5.73 Å². The molecule has 0 heterocycles. The number of thioether (sulfide) groups is 1. The average Bonchev–Trinajstić information content (AvgIpc) is 1.84. The molecule has 0 fully saturated rings. The minimum Gasteiger partial charge on any atom is -0.327 e. The predicted molar refractivity (Wildman–Crippen MR) is 55.1 cm³/mol. The third kappa shape index (κ3) is 6.70. The highest BCUT2D eigenvalue weighted by atomic mass is 32.2. The number of hydrogen-bond acceptors (Lipinski definition) is 2. The molecule has 0 saturated carbocycles. The molecular weight excluding hydrogens is 154 g/mol. The van der Waals surface area contributed by atoms with Crippen LogP contribution >= 0.6 is 11.8 Å². The summed E-state index contributed by atoms with van der Waals surface area (Å²) in [6.07, 6.45) is 2.54. The van der Waals surface area contributed by atoms with E-state index in [0.29, 0.717) is 10.8 Å². The van der Waals surface area contributed by atoms with Gasteiger partial charge in [-0.3, -0.25) is 0 Å². The van der Waals surface area contributed by atoms with E-state index in [1.807, 2.05) is 11.8 Å². The Morgan fingerprint density at radius 2 is 2.00 bits per heavy atom. The van der Waals surface area contributed by atoms with E-state index in [-0.39, 0.29) is 0 Å². The van der Waals surface area contributed by atoms with Gasteiger partial charge in [-0.05, 0) is 13.3 Å². The van der Waals surface area contributed by atoms with E-state index in [2.05, 4.69) is 27.7 Å². The van der Waals surface area contributed by atoms with Crippen LogP contribution in [0.3, 0.4) is 0 Å². The molecule has 0 amide bonds. The lowest BCUT2D eigenvalue weighted by Gasteiger charge is -2.24. The van der Waals surface area contributed by atoms with Gasteiger partial charge in [0.15, 0.2) is 0 Å². The van der Waals surface area contributed by atoms with E-state index < -0.39 is 0 Å². The van der Waals surface area contributed by atoms with Crippen LogP contribution in [0.25, 0.3) is 0 Å². The maximum absolute atomic E-state index is 5.67. The molecule has 0 radical (unpaired) electrons. The maximum Gasteiger partial charge on any atom is 0.0104 e. The zero-order chi connectivity index (χ0) is 8.91. The number of nitrogens with two attached hydrogens (primary N) is 1. The van der Waals surface area contributed by atoms with Crippen LogP contribution in [-0.2, 0) is 0 Å². The van der Waals surface area contributed by atoms with Crippen molar-refractivity contribution in [2.45, 2.75) is 51.3 Å². The molecule has 68 valence electrons. The molecule has 1 unspecified atom stereocenters. The number of rotatable bonds is 5. The normalized spacial score (nSPS) is 15.0. The van der Waals surface area contributed by atoms with E-state index in [1.165, 1.54) is 12.8 Å². The molecule has 0 saturated heterocycles. The molecule has 0 aromatic carbocycles. The molecule has 0 bridgehead atoms. The van der Waals surface area contributed by atoms with Crippen molar-refractivity contribution in [1.29, 1.82) is 0 Å². The molecule has 1 atom stereocenters. The molecule has 0 aliphatic rings. The Balaban J connectivity index is 3.54. The van der Waals surface area contributed by atoms with Crippen LogP contribution in [-0.4, -0.2) is 16.5 Å². The second-order valence-corrected chi connectivity index (χ2v) is 5.53. The summed E-state index contributed by atoms with van der Waals surface area (Å²) in [6.45, 7) is 8.89. The Morgan fingerprint density at radius 3 is 2.36 bits per heavy atom. The molecule has 0 aromatic rings. The summed E-state index contributed by atoms with van der Waals surface area (Å²) >= 11 is 1.99.